The van der Waals surface area contributed by atoms with Crippen LogP contribution in [0.25, 0.3) is 0 Å². The van der Waals surface area contributed by atoms with Crippen molar-refractivity contribution in [1.82, 2.24) is 5.32 Å². The first-order chi connectivity index (χ1) is 12.7. The Morgan fingerprint density at radius 3 is 2.44 bits per heavy atom. The SMILES string of the molecule is CCOC(=O)COc1ccc(C(=O)CNC(=O)OC(C)(C)C)cc1SCC. The molecular weight excluding hydrogens is 370 g/mol. The Kier molecular flexibility index (Phi) is 9.14. The maximum absolute atomic E-state index is 12.3. The van der Waals surface area contributed by atoms with Crippen molar-refractivity contribution < 1.29 is 28.6 Å². The van der Waals surface area contributed by atoms with E-state index in [2.05, 4.69) is 5.32 Å². The highest BCUT2D eigenvalue weighted by Gasteiger charge is 2.18. The Morgan fingerprint density at radius 1 is 1.15 bits per heavy atom. The van der Waals surface area contributed by atoms with E-state index in [0.29, 0.717) is 11.3 Å². The molecule has 0 aliphatic rings. The highest BCUT2D eigenvalue weighted by molar-refractivity contribution is 7.99. The number of Topliss-reactive ketones (excluding diaryl/α,β-unsaturated/α-hetero) is 1. The number of hydrogen-bond donors (Lipinski definition) is 1. The zero-order valence-corrected chi connectivity index (χ0v) is 17.2. The topological polar surface area (TPSA) is 90.9 Å². The third-order valence-electron chi connectivity index (χ3n) is 3.01. The monoisotopic (exact) mass is 397 g/mol. The van der Waals surface area contributed by atoms with Gasteiger partial charge in [0.15, 0.2) is 12.4 Å². The third-order valence-corrected chi connectivity index (χ3v) is 3.93. The molecule has 1 aromatic carbocycles. The number of thioether (sulfide) groups is 1. The highest BCUT2D eigenvalue weighted by Crippen LogP contribution is 2.30. The van der Waals surface area contributed by atoms with Gasteiger partial charge in [0, 0.05) is 5.56 Å². The van der Waals surface area contributed by atoms with Crippen LogP contribution in [0, 0.1) is 0 Å². The van der Waals surface area contributed by atoms with Gasteiger partial charge in [0.05, 0.1) is 18.0 Å². The summed E-state index contributed by atoms with van der Waals surface area (Å²) in [4.78, 5) is 36.2. The lowest BCUT2D eigenvalue weighted by atomic mass is 10.1. The molecule has 0 radical (unpaired) electrons. The van der Waals surface area contributed by atoms with Gasteiger partial charge in [0.1, 0.15) is 11.4 Å². The summed E-state index contributed by atoms with van der Waals surface area (Å²) in [5.41, 5.74) is -0.193. The summed E-state index contributed by atoms with van der Waals surface area (Å²) in [5.74, 6) is 0.567. The fourth-order valence-electron chi connectivity index (χ4n) is 1.98. The molecule has 1 amide bonds. The number of benzene rings is 1. The molecular formula is C19H27NO6S. The van der Waals surface area contributed by atoms with E-state index in [1.807, 2.05) is 6.92 Å². The predicted molar refractivity (Wildman–Crippen MR) is 104 cm³/mol. The van der Waals surface area contributed by atoms with Crippen molar-refractivity contribution in [1.29, 1.82) is 0 Å². The number of carbonyl (C=O) groups is 3. The zero-order valence-electron chi connectivity index (χ0n) is 16.4. The van der Waals surface area contributed by atoms with Gasteiger partial charge in [-0.05, 0) is 51.6 Å². The predicted octanol–water partition coefficient (Wildman–Crippen LogP) is 3.45. The van der Waals surface area contributed by atoms with E-state index >= 15 is 0 Å². The second kappa shape index (κ2) is 10.8. The smallest absolute Gasteiger partial charge is 0.408 e. The zero-order chi connectivity index (χ0) is 20.4. The number of hydrogen-bond acceptors (Lipinski definition) is 7. The Hall–Kier alpha value is -2.22. The molecule has 0 aliphatic carbocycles. The summed E-state index contributed by atoms with van der Waals surface area (Å²) in [6.07, 6.45) is -0.645. The van der Waals surface area contributed by atoms with E-state index in [1.165, 1.54) is 11.8 Å². The van der Waals surface area contributed by atoms with Crippen LogP contribution in [0.2, 0.25) is 0 Å². The third kappa shape index (κ3) is 8.81. The quantitative estimate of drug-likeness (QED) is 0.388. The molecule has 0 aromatic heterocycles. The van der Waals surface area contributed by atoms with Gasteiger partial charge in [-0.2, -0.15) is 0 Å². The fraction of sp³-hybridized carbons (Fsp3) is 0.526. The average Bonchev–Trinajstić information content (AvgIpc) is 2.57. The molecule has 1 rings (SSSR count). The van der Waals surface area contributed by atoms with Crippen molar-refractivity contribution in [3.05, 3.63) is 23.8 Å². The van der Waals surface area contributed by atoms with Crippen LogP contribution < -0.4 is 10.1 Å². The number of rotatable bonds is 9. The van der Waals surface area contributed by atoms with Crippen molar-refractivity contribution in [3.8, 4) is 5.75 Å². The largest absolute Gasteiger partial charge is 0.481 e. The average molecular weight is 397 g/mol. The number of alkyl carbamates (subject to hydrolysis) is 1. The summed E-state index contributed by atoms with van der Waals surface area (Å²) >= 11 is 1.49. The first-order valence-corrected chi connectivity index (χ1v) is 9.70. The van der Waals surface area contributed by atoms with Crippen molar-refractivity contribution in [2.75, 3.05) is 25.5 Å². The minimum absolute atomic E-state index is 0.172. The van der Waals surface area contributed by atoms with E-state index in [1.54, 1.807) is 45.9 Å². The number of ether oxygens (including phenoxy) is 3. The van der Waals surface area contributed by atoms with Gasteiger partial charge in [-0.1, -0.05) is 6.92 Å². The molecule has 0 spiro atoms. The van der Waals surface area contributed by atoms with Crippen LogP contribution in [0.4, 0.5) is 4.79 Å². The van der Waals surface area contributed by atoms with E-state index < -0.39 is 17.7 Å². The summed E-state index contributed by atoms with van der Waals surface area (Å²) in [5, 5.41) is 2.45. The van der Waals surface area contributed by atoms with Crippen molar-refractivity contribution in [3.63, 3.8) is 0 Å². The van der Waals surface area contributed by atoms with Crippen LogP contribution in [-0.2, 0) is 14.3 Å². The first kappa shape index (κ1) is 22.8. The van der Waals surface area contributed by atoms with E-state index in [9.17, 15) is 14.4 Å². The van der Waals surface area contributed by atoms with Gasteiger partial charge in [0.25, 0.3) is 0 Å². The van der Waals surface area contributed by atoms with Crippen LogP contribution in [0.5, 0.6) is 5.75 Å². The second-order valence-electron chi connectivity index (χ2n) is 6.47. The normalized spacial score (nSPS) is 10.9. The maximum atomic E-state index is 12.3. The van der Waals surface area contributed by atoms with Crippen LogP contribution in [0.15, 0.2) is 23.1 Å². The highest BCUT2D eigenvalue weighted by atomic mass is 32.2. The Bertz CT molecular complexity index is 669. The van der Waals surface area contributed by atoms with Crippen LogP contribution in [-0.4, -0.2) is 49.0 Å². The summed E-state index contributed by atoms with van der Waals surface area (Å²) in [6, 6.07) is 4.92. The van der Waals surface area contributed by atoms with Crippen molar-refractivity contribution in [2.45, 2.75) is 45.1 Å². The molecule has 0 saturated heterocycles. The van der Waals surface area contributed by atoms with Gasteiger partial charge < -0.3 is 19.5 Å². The molecule has 1 aromatic rings. The lowest BCUT2D eigenvalue weighted by Crippen LogP contribution is -2.35. The van der Waals surface area contributed by atoms with Crippen LogP contribution in [0.3, 0.4) is 0 Å². The number of nitrogens with one attached hydrogen (secondary N) is 1. The molecule has 0 heterocycles. The molecule has 27 heavy (non-hydrogen) atoms. The number of carbonyl (C=O) groups excluding carboxylic acids is 3. The van der Waals surface area contributed by atoms with Crippen LogP contribution >= 0.6 is 11.8 Å². The second-order valence-corrected chi connectivity index (χ2v) is 7.77. The molecule has 1 N–H and O–H groups in total. The molecule has 8 heteroatoms. The molecule has 0 saturated carbocycles. The molecule has 7 nitrogen and oxygen atoms in total. The summed E-state index contributed by atoms with van der Waals surface area (Å²) < 4.78 is 15.4. The van der Waals surface area contributed by atoms with Crippen molar-refractivity contribution >= 4 is 29.6 Å². The van der Waals surface area contributed by atoms with Crippen molar-refractivity contribution in [2.24, 2.45) is 0 Å². The fourth-order valence-corrected chi connectivity index (χ4v) is 2.77. The summed E-state index contributed by atoms with van der Waals surface area (Å²) in [7, 11) is 0. The lowest BCUT2D eigenvalue weighted by molar-refractivity contribution is -0.145. The van der Waals surface area contributed by atoms with E-state index in [-0.39, 0.29) is 25.5 Å². The molecule has 0 fully saturated rings. The van der Waals surface area contributed by atoms with Gasteiger partial charge in [0.2, 0.25) is 0 Å². The minimum Gasteiger partial charge on any atom is -0.481 e. The van der Waals surface area contributed by atoms with Gasteiger partial charge >= 0.3 is 12.1 Å². The Labute approximate surface area is 164 Å². The molecule has 0 atom stereocenters. The van der Waals surface area contributed by atoms with Crippen LogP contribution in [0.1, 0.15) is 45.0 Å². The molecule has 0 unspecified atom stereocenters. The number of amides is 1. The van der Waals surface area contributed by atoms with E-state index in [0.717, 1.165) is 10.6 Å². The Morgan fingerprint density at radius 2 is 1.85 bits per heavy atom. The van der Waals surface area contributed by atoms with Gasteiger partial charge in [-0.25, -0.2) is 9.59 Å². The van der Waals surface area contributed by atoms with E-state index in [4.69, 9.17) is 14.2 Å². The maximum Gasteiger partial charge on any atom is 0.408 e. The Balaban J connectivity index is 2.75. The number of esters is 1. The van der Waals surface area contributed by atoms with Gasteiger partial charge in [-0.15, -0.1) is 11.8 Å². The summed E-state index contributed by atoms with van der Waals surface area (Å²) in [6.45, 7) is 8.86. The minimum atomic E-state index is -0.645. The standard InChI is InChI=1S/C19H27NO6S/c1-6-24-17(22)12-25-15-9-8-13(10-16(15)27-7-2)14(21)11-20-18(23)26-19(3,4)5/h8-10H,6-7,11-12H2,1-5H3,(H,20,23). The number of ketones is 1. The van der Waals surface area contributed by atoms with Gasteiger partial charge in [-0.3, -0.25) is 4.79 Å². The lowest BCUT2D eigenvalue weighted by Gasteiger charge is -2.19. The first-order valence-electron chi connectivity index (χ1n) is 8.71. The molecule has 0 aliphatic heterocycles. The molecule has 0 bridgehead atoms. The molecule has 150 valence electrons.